The van der Waals surface area contributed by atoms with Gasteiger partial charge in [0, 0.05) is 24.5 Å². The maximum absolute atomic E-state index is 13.3. The first-order chi connectivity index (χ1) is 9.95. The molecule has 0 spiro atoms. The number of halogens is 2. The number of benzene rings is 1. The van der Waals surface area contributed by atoms with Gasteiger partial charge in [-0.3, -0.25) is 9.69 Å². The van der Waals surface area contributed by atoms with Gasteiger partial charge in [0.1, 0.15) is 5.82 Å². The summed E-state index contributed by atoms with van der Waals surface area (Å²) in [5.41, 5.74) is 0.838. The lowest BCUT2D eigenvalue weighted by Crippen LogP contribution is -2.43. The highest BCUT2D eigenvalue weighted by Gasteiger charge is 2.24. The first-order valence-electron chi connectivity index (χ1n) is 7.39. The van der Waals surface area contributed by atoms with Crippen LogP contribution in [-0.4, -0.2) is 29.9 Å². The number of likely N-dealkylation sites (tertiary alicyclic amines) is 1. The maximum Gasteiger partial charge on any atom is 0.217 e. The van der Waals surface area contributed by atoms with Crippen molar-refractivity contribution in [2.75, 3.05) is 13.1 Å². The zero-order chi connectivity index (χ0) is 15.4. The van der Waals surface area contributed by atoms with Crippen LogP contribution in [-0.2, 0) is 11.3 Å². The number of carbonyl (C=O) groups excluding carboxylic acids is 1. The molecule has 0 saturated carbocycles. The number of hydrogen-bond acceptors (Lipinski definition) is 2. The summed E-state index contributed by atoms with van der Waals surface area (Å²) in [6.45, 7) is 6.18. The average molecular weight is 313 g/mol. The molecule has 0 radical (unpaired) electrons. The molecule has 1 aromatic carbocycles. The highest BCUT2D eigenvalue weighted by Crippen LogP contribution is 2.24. The largest absolute Gasteiger partial charge is 0.354 e. The van der Waals surface area contributed by atoms with Gasteiger partial charge in [0.25, 0.3) is 0 Å². The lowest BCUT2D eigenvalue weighted by Gasteiger charge is -2.35. The lowest BCUT2D eigenvalue weighted by molar-refractivity contribution is -0.120. The average Bonchev–Trinajstić information content (AvgIpc) is 2.43. The summed E-state index contributed by atoms with van der Waals surface area (Å²) in [5.74, 6) is 0.285. The molecule has 1 aliphatic heterocycles. The van der Waals surface area contributed by atoms with E-state index < -0.39 is 0 Å². The van der Waals surface area contributed by atoms with Crippen molar-refractivity contribution in [3.8, 4) is 0 Å². The Hall–Kier alpha value is -1.13. The Labute approximate surface area is 130 Å². The van der Waals surface area contributed by atoms with Crippen LogP contribution in [0.5, 0.6) is 0 Å². The zero-order valence-corrected chi connectivity index (χ0v) is 13.3. The van der Waals surface area contributed by atoms with Crippen LogP contribution in [0.25, 0.3) is 0 Å². The van der Waals surface area contributed by atoms with Gasteiger partial charge in [-0.25, -0.2) is 4.39 Å². The molecule has 1 aliphatic rings. The van der Waals surface area contributed by atoms with Crippen molar-refractivity contribution in [3.05, 3.63) is 34.6 Å². The van der Waals surface area contributed by atoms with Crippen LogP contribution >= 0.6 is 11.6 Å². The second-order valence-corrected chi connectivity index (χ2v) is 6.25. The van der Waals surface area contributed by atoms with E-state index in [0.29, 0.717) is 17.5 Å². The second-order valence-electron chi connectivity index (χ2n) is 5.84. The molecule has 1 N–H and O–H groups in total. The molecule has 0 unspecified atom stereocenters. The first kappa shape index (κ1) is 16.2. The van der Waals surface area contributed by atoms with Crippen LogP contribution in [0.4, 0.5) is 4.39 Å². The SMILES string of the molecule is CC(=O)N[C@@H](C)C1CCN(Cc2cc(F)ccc2Cl)CC1. The maximum atomic E-state index is 13.3. The molecule has 2 rings (SSSR count). The fourth-order valence-electron chi connectivity index (χ4n) is 2.95. The first-order valence-corrected chi connectivity index (χ1v) is 7.77. The standard InChI is InChI=1S/C16H22ClFN2O/c1-11(19-12(2)21)13-5-7-20(8-6-13)10-14-9-15(18)3-4-16(14)17/h3-4,9,11,13H,5-8,10H2,1-2H3,(H,19,21)/t11-/m0/s1. The molecule has 1 atom stereocenters. The van der Waals surface area contributed by atoms with Crippen LogP contribution in [0.2, 0.25) is 5.02 Å². The molecule has 1 heterocycles. The van der Waals surface area contributed by atoms with Gasteiger partial charge in [0.05, 0.1) is 0 Å². The van der Waals surface area contributed by atoms with Crippen LogP contribution in [0, 0.1) is 11.7 Å². The van der Waals surface area contributed by atoms with Crippen molar-refractivity contribution in [2.45, 2.75) is 39.3 Å². The molecule has 116 valence electrons. The summed E-state index contributed by atoms with van der Waals surface area (Å²) in [6.07, 6.45) is 2.07. The molecule has 1 amide bonds. The number of piperidine rings is 1. The van der Waals surface area contributed by atoms with Crippen molar-refractivity contribution < 1.29 is 9.18 Å². The van der Waals surface area contributed by atoms with Gasteiger partial charge in [-0.15, -0.1) is 0 Å². The minimum atomic E-state index is -0.247. The van der Waals surface area contributed by atoms with Gasteiger partial charge in [0.15, 0.2) is 0 Å². The van der Waals surface area contributed by atoms with Crippen molar-refractivity contribution in [2.24, 2.45) is 5.92 Å². The van der Waals surface area contributed by atoms with Gasteiger partial charge < -0.3 is 5.32 Å². The Morgan fingerprint density at radius 1 is 1.48 bits per heavy atom. The van der Waals surface area contributed by atoms with Gasteiger partial charge in [-0.2, -0.15) is 0 Å². The monoisotopic (exact) mass is 312 g/mol. The normalized spacial score (nSPS) is 18.5. The van der Waals surface area contributed by atoms with Crippen molar-refractivity contribution in [1.82, 2.24) is 10.2 Å². The van der Waals surface area contributed by atoms with E-state index in [-0.39, 0.29) is 17.8 Å². The molecule has 0 aromatic heterocycles. The third-order valence-corrected chi connectivity index (χ3v) is 4.54. The van der Waals surface area contributed by atoms with Gasteiger partial charge >= 0.3 is 0 Å². The van der Waals surface area contributed by atoms with Crippen LogP contribution < -0.4 is 5.32 Å². The van der Waals surface area contributed by atoms with Gasteiger partial charge in [-0.1, -0.05) is 11.6 Å². The Balaban J connectivity index is 1.86. The second kappa shape index (κ2) is 7.23. The molecule has 0 bridgehead atoms. The Bertz CT molecular complexity index is 501. The summed E-state index contributed by atoms with van der Waals surface area (Å²) in [7, 11) is 0. The van der Waals surface area contributed by atoms with Gasteiger partial charge in [-0.05, 0) is 62.5 Å². The molecular formula is C16H22ClFN2O. The molecule has 5 heteroatoms. The summed E-state index contributed by atoms with van der Waals surface area (Å²) in [5, 5.41) is 3.58. The summed E-state index contributed by atoms with van der Waals surface area (Å²) in [6, 6.07) is 4.71. The van der Waals surface area contributed by atoms with Crippen molar-refractivity contribution in [1.29, 1.82) is 0 Å². The molecule has 1 aromatic rings. The van der Waals surface area contributed by atoms with E-state index in [1.54, 1.807) is 13.0 Å². The smallest absolute Gasteiger partial charge is 0.217 e. The fourth-order valence-corrected chi connectivity index (χ4v) is 3.13. The van der Waals surface area contributed by atoms with Crippen LogP contribution in [0.15, 0.2) is 18.2 Å². The molecule has 1 saturated heterocycles. The number of amides is 1. The number of nitrogens with zero attached hydrogens (tertiary/aromatic N) is 1. The third-order valence-electron chi connectivity index (χ3n) is 4.17. The molecule has 21 heavy (non-hydrogen) atoms. The topological polar surface area (TPSA) is 32.3 Å². The van der Waals surface area contributed by atoms with Gasteiger partial charge in [0.2, 0.25) is 5.91 Å². The Kier molecular flexibility index (Phi) is 5.59. The molecule has 3 nitrogen and oxygen atoms in total. The highest BCUT2D eigenvalue weighted by atomic mass is 35.5. The van der Waals surface area contributed by atoms with E-state index in [1.807, 2.05) is 0 Å². The quantitative estimate of drug-likeness (QED) is 0.926. The number of nitrogens with one attached hydrogen (secondary N) is 1. The summed E-state index contributed by atoms with van der Waals surface area (Å²) < 4.78 is 13.3. The predicted molar refractivity (Wildman–Crippen MR) is 82.7 cm³/mol. The molecule has 1 fully saturated rings. The van der Waals surface area contributed by atoms with E-state index in [0.717, 1.165) is 31.5 Å². The minimum absolute atomic E-state index is 0.0245. The third kappa shape index (κ3) is 4.68. The number of carbonyl (C=O) groups is 1. The van der Waals surface area contributed by atoms with Crippen LogP contribution in [0.3, 0.4) is 0 Å². The Morgan fingerprint density at radius 2 is 2.14 bits per heavy atom. The summed E-state index contributed by atoms with van der Waals surface area (Å²) in [4.78, 5) is 13.4. The highest BCUT2D eigenvalue weighted by molar-refractivity contribution is 6.31. The molecular weight excluding hydrogens is 291 g/mol. The molecule has 0 aliphatic carbocycles. The number of rotatable bonds is 4. The van der Waals surface area contributed by atoms with E-state index >= 15 is 0 Å². The van der Waals surface area contributed by atoms with E-state index in [2.05, 4.69) is 17.1 Å². The fraction of sp³-hybridized carbons (Fsp3) is 0.562. The van der Waals surface area contributed by atoms with E-state index in [4.69, 9.17) is 11.6 Å². The minimum Gasteiger partial charge on any atom is -0.354 e. The van der Waals surface area contributed by atoms with Crippen molar-refractivity contribution in [3.63, 3.8) is 0 Å². The van der Waals surface area contributed by atoms with Crippen LogP contribution in [0.1, 0.15) is 32.3 Å². The lowest BCUT2D eigenvalue weighted by atomic mass is 9.90. The zero-order valence-electron chi connectivity index (χ0n) is 12.5. The summed E-state index contributed by atoms with van der Waals surface area (Å²) >= 11 is 6.11. The number of hydrogen-bond donors (Lipinski definition) is 1. The van der Waals surface area contributed by atoms with E-state index in [1.165, 1.54) is 12.1 Å². The predicted octanol–water partition coefficient (Wildman–Crippen LogP) is 3.22. The van der Waals surface area contributed by atoms with E-state index in [9.17, 15) is 9.18 Å². The Morgan fingerprint density at radius 3 is 2.76 bits per heavy atom. The van der Waals surface area contributed by atoms with Crippen molar-refractivity contribution >= 4 is 17.5 Å².